The molecule has 2 N–H and O–H groups in total. The second-order valence-corrected chi connectivity index (χ2v) is 9.29. The molecule has 0 amide bonds. The SMILES string of the molecule is CCC(CNc1nc(Cc2ccc(OC)cc2)ns1)NS(=O)(=O)c1ccc(OC)cc1. The average molecular weight is 463 g/mol. The van der Waals surface area contributed by atoms with Crippen molar-refractivity contribution in [3.63, 3.8) is 0 Å². The fraction of sp³-hybridized carbons (Fsp3) is 0.333. The molecule has 0 fully saturated rings. The molecule has 1 atom stereocenters. The number of anilines is 1. The van der Waals surface area contributed by atoms with Crippen LogP contribution in [-0.4, -0.2) is 44.6 Å². The van der Waals surface area contributed by atoms with Gasteiger partial charge in [0.2, 0.25) is 15.2 Å². The molecule has 3 rings (SSSR count). The Morgan fingerprint density at radius 2 is 1.61 bits per heavy atom. The van der Waals surface area contributed by atoms with E-state index in [-0.39, 0.29) is 10.9 Å². The van der Waals surface area contributed by atoms with E-state index in [0.717, 1.165) is 11.3 Å². The summed E-state index contributed by atoms with van der Waals surface area (Å²) in [6, 6.07) is 13.8. The number of hydrogen-bond acceptors (Lipinski definition) is 8. The van der Waals surface area contributed by atoms with Crippen molar-refractivity contribution in [2.45, 2.75) is 30.7 Å². The van der Waals surface area contributed by atoms with Crippen LogP contribution in [0.25, 0.3) is 0 Å². The van der Waals surface area contributed by atoms with Crippen LogP contribution in [0.2, 0.25) is 0 Å². The summed E-state index contributed by atoms with van der Waals surface area (Å²) in [5, 5.41) is 3.85. The number of ether oxygens (including phenoxy) is 2. The van der Waals surface area contributed by atoms with E-state index in [1.54, 1.807) is 19.2 Å². The number of hydrogen-bond donors (Lipinski definition) is 2. The van der Waals surface area contributed by atoms with Crippen LogP contribution in [-0.2, 0) is 16.4 Å². The lowest BCUT2D eigenvalue weighted by Gasteiger charge is -2.17. The largest absolute Gasteiger partial charge is 0.497 e. The Morgan fingerprint density at radius 3 is 2.19 bits per heavy atom. The molecule has 0 aliphatic rings. The zero-order valence-corrected chi connectivity index (χ0v) is 19.3. The van der Waals surface area contributed by atoms with Crippen molar-refractivity contribution in [2.75, 3.05) is 26.1 Å². The quantitative estimate of drug-likeness (QED) is 0.451. The van der Waals surface area contributed by atoms with Crippen LogP contribution in [0, 0.1) is 0 Å². The molecule has 0 bridgehead atoms. The van der Waals surface area contributed by atoms with Crippen LogP contribution in [0.3, 0.4) is 0 Å². The summed E-state index contributed by atoms with van der Waals surface area (Å²) in [6.07, 6.45) is 1.24. The van der Waals surface area contributed by atoms with Crippen LogP contribution >= 0.6 is 11.5 Å². The second-order valence-electron chi connectivity index (χ2n) is 6.82. The van der Waals surface area contributed by atoms with Gasteiger partial charge in [0.05, 0.1) is 19.1 Å². The summed E-state index contributed by atoms with van der Waals surface area (Å²) in [4.78, 5) is 4.70. The molecule has 8 nitrogen and oxygen atoms in total. The predicted octanol–water partition coefficient (Wildman–Crippen LogP) is 3.32. The van der Waals surface area contributed by atoms with Gasteiger partial charge in [-0.2, -0.15) is 4.37 Å². The summed E-state index contributed by atoms with van der Waals surface area (Å²) in [5.41, 5.74) is 1.09. The van der Waals surface area contributed by atoms with Crippen molar-refractivity contribution in [3.05, 3.63) is 59.9 Å². The maximum atomic E-state index is 12.7. The van der Waals surface area contributed by atoms with Crippen LogP contribution in [0.5, 0.6) is 11.5 Å². The number of rotatable bonds is 11. The second kappa shape index (κ2) is 10.6. The molecule has 0 spiro atoms. The van der Waals surface area contributed by atoms with E-state index in [0.29, 0.717) is 36.1 Å². The first-order valence-corrected chi connectivity index (χ1v) is 12.0. The first-order valence-electron chi connectivity index (χ1n) is 9.79. The molecule has 0 saturated heterocycles. The third-order valence-corrected chi connectivity index (χ3v) is 6.92. The molecule has 0 saturated carbocycles. The Bertz CT molecular complexity index is 1070. The van der Waals surface area contributed by atoms with Crippen molar-refractivity contribution in [3.8, 4) is 11.5 Å². The van der Waals surface area contributed by atoms with E-state index in [1.807, 2.05) is 31.2 Å². The van der Waals surface area contributed by atoms with Gasteiger partial charge in [-0.3, -0.25) is 0 Å². The summed E-state index contributed by atoms with van der Waals surface area (Å²) >= 11 is 1.26. The highest BCUT2D eigenvalue weighted by atomic mass is 32.2. The summed E-state index contributed by atoms with van der Waals surface area (Å²) in [7, 11) is -0.458. The third-order valence-electron chi connectivity index (χ3n) is 4.67. The van der Waals surface area contributed by atoms with Crippen LogP contribution in [0.1, 0.15) is 24.7 Å². The molecule has 2 aromatic carbocycles. The van der Waals surface area contributed by atoms with Gasteiger partial charge in [0.15, 0.2) is 0 Å². The molecule has 166 valence electrons. The molecule has 1 unspecified atom stereocenters. The van der Waals surface area contributed by atoms with Gasteiger partial charge >= 0.3 is 0 Å². The number of sulfonamides is 1. The normalized spacial score (nSPS) is 12.4. The average Bonchev–Trinajstić information content (AvgIpc) is 3.24. The highest BCUT2D eigenvalue weighted by molar-refractivity contribution is 7.89. The van der Waals surface area contributed by atoms with Gasteiger partial charge in [-0.05, 0) is 48.4 Å². The van der Waals surface area contributed by atoms with Crippen molar-refractivity contribution >= 4 is 26.7 Å². The number of nitrogens with one attached hydrogen (secondary N) is 2. The van der Waals surface area contributed by atoms with Gasteiger partial charge in [0, 0.05) is 30.5 Å². The first-order chi connectivity index (χ1) is 14.9. The maximum absolute atomic E-state index is 12.7. The lowest BCUT2D eigenvalue weighted by atomic mass is 10.1. The van der Waals surface area contributed by atoms with Gasteiger partial charge in [0.1, 0.15) is 17.3 Å². The van der Waals surface area contributed by atoms with E-state index in [4.69, 9.17) is 9.47 Å². The Labute approximate surface area is 186 Å². The van der Waals surface area contributed by atoms with Gasteiger partial charge in [0.25, 0.3) is 0 Å². The minimum atomic E-state index is -3.63. The van der Waals surface area contributed by atoms with E-state index in [1.165, 1.54) is 30.8 Å². The lowest BCUT2D eigenvalue weighted by Crippen LogP contribution is -2.39. The molecular weight excluding hydrogens is 436 g/mol. The molecule has 0 radical (unpaired) electrons. The Balaban J connectivity index is 1.56. The zero-order chi connectivity index (χ0) is 22.3. The molecule has 10 heteroatoms. The Morgan fingerprint density at radius 1 is 1.00 bits per heavy atom. The Kier molecular flexibility index (Phi) is 7.83. The van der Waals surface area contributed by atoms with E-state index >= 15 is 0 Å². The van der Waals surface area contributed by atoms with Gasteiger partial charge < -0.3 is 14.8 Å². The Hall–Kier alpha value is -2.69. The van der Waals surface area contributed by atoms with Crippen molar-refractivity contribution < 1.29 is 17.9 Å². The van der Waals surface area contributed by atoms with E-state index in [9.17, 15) is 8.42 Å². The van der Waals surface area contributed by atoms with Crippen molar-refractivity contribution in [1.29, 1.82) is 0 Å². The number of methoxy groups -OCH3 is 2. The highest BCUT2D eigenvalue weighted by Gasteiger charge is 2.19. The standard InChI is InChI=1S/C21H26N4O4S2/c1-4-16(25-31(26,27)19-11-9-18(29-3)10-12-19)14-22-21-23-20(24-30-21)13-15-5-7-17(28-2)8-6-15/h5-12,16,25H,4,13-14H2,1-3H3,(H,22,23,24). The predicted molar refractivity (Wildman–Crippen MR) is 122 cm³/mol. The fourth-order valence-electron chi connectivity index (χ4n) is 2.85. The van der Waals surface area contributed by atoms with Crippen LogP contribution in [0.15, 0.2) is 53.4 Å². The van der Waals surface area contributed by atoms with E-state index < -0.39 is 10.0 Å². The molecule has 31 heavy (non-hydrogen) atoms. The summed E-state index contributed by atoms with van der Waals surface area (Å²) in [5.74, 6) is 2.12. The maximum Gasteiger partial charge on any atom is 0.240 e. The first kappa shape index (κ1) is 23.0. The summed E-state index contributed by atoms with van der Waals surface area (Å²) < 4.78 is 42.7. The van der Waals surface area contributed by atoms with Gasteiger partial charge in [-0.25, -0.2) is 18.1 Å². The number of benzene rings is 2. The van der Waals surface area contributed by atoms with Gasteiger partial charge in [-0.1, -0.05) is 19.1 Å². The molecule has 1 aromatic heterocycles. The van der Waals surface area contributed by atoms with Crippen molar-refractivity contribution in [1.82, 2.24) is 14.1 Å². The lowest BCUT2D eigenvalue weighted by molar-refractivity contribution is 0.414. The molecular formula is C21H26N4O4S2. The topological polar surface area (TPSA) is 102 Å². The van der Waals surface area contributed by atoms with Gasteiger partial charge in [-0.15, -0.1) is 0 Å². The van der Waals surface area contributed by atoms with Crippen LogP contribution in [0.4, 0.5) is 5.13 Å². The van der Waals surface area contributed by atoms with Crippen molar-refractivity contribution in [2.24, 2.45) is 0 Å². The molecule has 1 heterocycles. The summed E-state index contributed by atoms with van der Waals surface area (Å²) in [6.45, 7) is 2.33. The fourth-order valence-corrected chi connectivity index (χ4v) is 4.76. The highest BCUT2D eigenvalue weighted by Crippen LogP contribution is 2.18. The molecule has 3 aromatic rings. The molecule has 0 aliphatic heterocycles. The van der Waals surface area contributed by atoms with Crippen LogP contribution < -0.4 is 19.5 Å². The molecule has 0 aliphatic carbocycles. The minimum absolute atomic E-state index is 0.199. The monoisotopic (exact) mass is 462 g/mol. The number of nitrogens with zero attached hydrogens (tertiary/aromatic N) is 2. The smallest absolute Gasteiger partial charge is 0.240 e. The van der Waals surface area contributed by atoms with E-state index in [2.05, 4.69) is 19.4 Å². The minimum Gasteiger partial charge on any atom is -0.497 e. The third kappa shape index (κ3) is 6.39. The zero-order valence-electron chi connectivity index (χ0n) is 17.7. The number of aromatic nitrogens is 2.